The molecule has 0 spiro atoms. The van der Waals surface area contributed by atoms with Crippen LogP contribution in [0.5, 0.6) is 0 Å². The Balaban J connectivity index is 1.88. The maximum absolute atomic E-state index is 12.5. The zero-order valence-electron chi connectivity index (χ0n) is 11.8. The van der Waals surface area contributed by atoms with Gasteiger partial charge in [0.05, 0.1) is 5.56 Å². The minimum absolute atomic E-state index is 0.00301. The number of hydrogen-bond donors (Lipinski definition) is 0. The monoisotopic (exact) mass is 337 g/mol. The molecule has 0 atom stereocenters. The Bertz CT molecular complexity index is 817. The fraction of sp³-hybridized carbons (Fsp3) is 0.125. The number of hydrogen-bond acceptors (Lipinski definition) is 4. The minimum atomic E-state index is -4.41. The minimum Gasteiger partial charge on any atom is -0.402 e. The highest BCUT2D eigenvalue weighted by Gasteiger charge is 2.31. The zero-order chi connectivity index (χ0) is 16.6. The Morgan fingerprint density at radius 3 is 2.39 bits per heavy atom. The van der Waals surface area contributed by atoms with Gasteiger partial charge in [0.15, 0.2) is 5.70 Å². The molecule has 0 amide bonds. The van der Waals surface area contributed by atoms with Crippen molar-refractivity contribution < 1.29 is 22.7 Å². The molecule has 2 aromatic rings. The van der Waals surface area contributed by atoms with Crippen molar-refractivity contribution in [2.75, 3.05) is 0 Å². The van der Waals surface area contributed by atoms with Gasteiger partial charge in [0.1, 0.15) is 0 Å². The second-order valence-electron chi connectivity index (χ2n) is 4.86. The number of ether oxygens (including phenoxy) is 1. The third kappa shape index (κ3) is 3.34. The maximum Gasteiger partial charge on any atom is 0.416 e. The van der Waals surface area contributed by atoms with Gasteiger partial charge in [0.2, 0.25) is 5.90 Å². The number of carbonyl (C=O) groups excluding carboxylic acids is 1. The highest BCUT2D eigenvalue weighted by atomic mass is 32.1. The predicted molar refractivity (Wildman–Crippen MR) is 81.1 cm³/mol. The number of cyclic esters (lactones) is 1. The summed E-state index contributed by atoms with van der Waals surface area (Å²) in [5, 5.41) is 0. The average molecular weight is 337 g/mol. The summed E-state index contributed by atoms with van der Waals surface area (Å²) in [5.41, 5.74) is -0.324. The summed E-state index contributed by atoms with van der Waals surface area (Å²) in [7, 11) is 0. The van der Waals surface area contributed by atoms with Gasteiger partial charge in [-0.3, -0.25) is 0 Å². The number of nitrogens with zero attached hydrogens (tertiary/aromatic N) is 1. The largest absolute Gasteiger partial charge is 0.416 e. The van der Waals surface area contributed by atoms with Crippen molar-refractivity contribution in [1.29, 1.82) is 0 Å². The van der Waals surface area contributed by atoms with Gasteiger partial charge in [0, 0.05) is 15.3 Å². The Morgan fingerprint density at radius 2 is 1.83 bits per heavy atom. The first-order chi connectivity index (χ1) is 10.8. The van der Waals surface area contributed by atoms with E-state index in [9.17, 15) is 18.0 Å². The van der Waals surface area contributed by atoms with Crippen LogP contribution in [0.4, 0.5) is 13.2 Å². The standard InChI is InChI=1S/C16H10F3NO2S/c1-9-2-7-12(23-9)8-13-15(21)22-14(20-13)10-3-5-11(6-4-10)16(17,18)19/h2-8H,1H3. The van der Waals surface area contributed by atoms with Crippen LogP contribution in [-0.4, -0.2) is 11.9 Å². The fourth-order valence-electron chi connectivity index (χ4n) is 2.00. The van der Waals surface area contributed by atoms with Crippen LogP contribution in [0, 0.1) is 6.92 Å². The Morgan fingerprint density at radius 1 is 1.13 bits per heavy atom. The molecule has 3 rings (SSSR count). The predicted octanol–water partition coefficient (Wildman–Crippen LogP) is 4.42. The van der Waals surface area contributed by atoms with E-state index in [0.717, 1.165) is 21.9 Å². The van der Waals surface area contributed by atoms with E-state index in [1.807, 2.05) is 19.1 Å². The van der Waals surface area contributed by atoms with Gasteiger partial charge >= 0.3 is 12.1 Å². The number of carbonyl (C=O) groups is 1. The molecular formula is C16H10F3NO2S. The van der Waals surface area contributed by atoms with Crippen molar-refractivity contribution in [3.63, 3.8) is 0 Å². The van der Waals surface area contributed by atoms with Gasteiger partial charge < -0.3 is 4.74 Å². The Hall–Kier alpha value is -2.41. The van der Waals surface area contributed by atoms with Gasteiger partial charge in [-0.15, -0.1) is 11.3 Å². The first kappa shape index (κ1) is 15.5. The third-order valence-corrected chi connectivity index (χ3v) is 4.07. The SMILES string of the molecule is Cc1ccc(C=C2N=C(c3ccc(C(F)(F)F)cc3)OC2=O)s1. The molecule has 0 N–H and O–H groups in total. The van der Waals surface area contributed by atoms with Crippen molar-refractivity contribution in [2.45, 2.75) is 13.1 Å². The lowest BCUT2D eigenvalue weighted by atomic mass is 10.1. The van der Waals surface area contributed by atoms with Gasteiger partial charge in [-0.2, -0.15) is 13.2 Å². The molecule has 1 aliphatic rings. The van der Waals surface area contributed by atoms with Crippen molar-refractivity contribution in [3.8, 4) is 0 Å². The highest BCUT2D eigenvalue weighted by molar-refractivity contribution is 7.12. The molecule has 0 unspecified atom stereocenters. The van der Waals surface area contributed by atoms with E-state index in [4.69, 9.17) is 4.74 Å². The number of benzene rings is 1. The quantitative estimate of drug-likeness (QED) is 0.601. The molecule has 0 saturated carbocycles. The molecule has 0 saturated heterocycles. The molecule has 7 heteroatoms. The molecule has 0 fully saturated rings. The summed E-state index contributed by atoms with van der Waals surface area (Å²) >= 11 is 1.50. The van der Waals surface area contributed by atoms with E-state index >= 15 is 0 Å². The molecule has 3 nitrogen and oxygen atoms in total. The summed E-state index contributed by atoms with van der Waals surface area (Å²) in [4.78, 5) is 17.8. The number of aliphatic imine (C=N–C) groups is 1. The van der Waals surface area contributed by atoms with Crippen LogP contribution < -0.4 is 0 Å². The number of thiophene rings is 1. The summed E-state index contributed by atoms with van der Waals surface area (Å²) in [6.45, 7) is 1.94. The normalized spacial score (nSPS) is 16.6. The van der Waals surface area contributed by atoms with Crippen LogP contribution in [0.25, 0.3) is 6.08 Å². The average Bonchev–Trinajstić information content (AvgIpc) is 3.05. The Kier molecular flexibility index (Phi) is 3.81. The fourth-order valence-corrected chi connectivity index (χ4v) is 2.81. The zero-order valence-corrected chi connectivity index (χ0v) is 12.7. The molecule has 1 aromatic heterocycles. The van der Waals surface area contributed by atoms with Crippen LogP contribution in [0.2, 0.25) is 0 Å². The smallest absolute Gasteiger partial charge is 0.402 e. The van der Waals surface area contributed by atoms with Crippen LogP contribution in [0.1, 0.15) is 20.9 Å². The second kappa shape index (κ2) is 5.66. The Labute approximate surface area is 133 Å². The van der Waals surface area contributed by atoms with Crippen LogP contribution >= 0.6 is 11.3 Å². The molecular weight excluding hydrogens is 327 g/mol. The summed E-state index contributed by atoms with van der Waals surface area (Å²) in [6.07, 6.45) is -2.81. The van der Waals surface area contributed by atoms with E-state index < -0.39 is 17.7 Å². The van der Waals surface area contributed by atoms with Crippen LogP contribution in [-0.2, 0) is 15.7 Å². The maximum atomic E-state index is 12.5. The molecule has 0 aliphatic carbocycles. The molecule has 23 heavy (non-hydrogen) atoms. The van der Waals surface area contributed by atoms with E-state index in [0.29, 0.717) is 5.56 Å². The van der Waals surface area contributed by atoms with Crippen LogP contribution in [0.15, 0.2) is 47.1 Å². The molecule has 118 valence electrons. The summed E-state index contributed by atoms with van der Waals surface area (Å²) < 4.78 is 42.7. The number of alkyl halides is 3. The van der Waals surface area contributed by atoms with Crippen molar-refractivity contribution >= 4 is 29.3 Å². The number of halogens is 3. The molecule has 2 heterocycles. The van der Waals surface area contributed by atoms with Gasteiger partial charge in [-0.25, -0.2) is 9.79 Å². The molecule has 0 radical (unpaired) electrons. The number of esters is 1. The third-order valence-electron chi connectivity index (χ3n) is 3.12. The van der Waals surface area contributed by atoms with Gasteiger partial charge in [-0.05, 0) is 49.4 Å². The van der Waals surface area contributed by atoms with Gasteiger partial charge in [0.25, 0.3) is 0 Å². The molecule has 1 aliphatic heterocycles. The lowest BCUT2D eigenvalue weighted by Gasteiger charge is -2.06. The highest BCUT2D eigenvalue weighted by Crippen LogP contribution is 2.30. The number of rotatable bonds is 2. The number of aryl methyl sites for hydroxylation is 1. The second-order valence-corrected chi connectivity index (χ2v) is 6.18. The first-order valence-corrected chi connectivity index (χ1v) is 7.41. The lowest BCUT2D eigenvalue weighted by Crippen LogP contribution is -2.08. The van der Waals surface area contributed by atoms with Gasteiger partial charge in [-0.1, -0.05) is 0 Å². The van der Waals surface area contributed by atoms with Crippen molar-refractivity contribution in [1.82, 2.24) is 0 Å². The van der Waals surface area contributed by atoms with E-state index in [1.165, 1.54) is 23.5 Å². The first-order valence-electron chi connectivity index (χ1n) is 6.59. The van der Waals surface area contributed by atoms with Crippen LogP contribution in [0.3, 0.4) is 0 Å². The van der Waals surface area contributed by atoms with Crippen molar-refractivity contribution in [2.24, 2.45) is 4.99 Å². The lowest BCUT2D eigenvalue weighted by molar-refractivity contribution is -0.137. The summed E-state index contributed by atoms with van der Waals surface area (Å²) in [5.74, 6) is -0.616. The topological polar surface area (TPSA) is 38.7 Å². The summed E-state index contributed by atoms with van der Waals surface area (Å²) in [6, 6.07) is 8.08. The van der Waals surface area contributed by atoms with Crippen molar-refractivity contribution in [3.05, 3.63) is 63.0 Å². The molecule has 0 bridgehead atoms. The van der Waals surface area contributed by atoms with E-state index in [1.54, 1.807) is 6.08 Å². The van der Waals surface area contributed by atoms with E-state index in [-0.39, 0.29) is 11.6 Å². The van der Waals surface area contributed by atoms with E-state index in [2.05, 4.69) is 4.99 Å². The molecule has 1 aromatic carbocycles.